The van der Waals surface area contributed by atoms with E-state index in [1.54, 1.807) is 12.1 Å². The summed E-state index contributed by atoms with van der Waals surface area (Å²) >= 11 is 12.3. The molecule has 1 amide bonds. The highest BCUT2D eigenvalue weighted by atomic mass is 35.5. The van der Waals surface area contributed by atoms with E-state index in [2.05, 4.69) is 20.8 Å². The fourth-order valence-electron chi connectivity index (χ4n) is 3.52. The average molecular weight is 394 g/mol. The first kappa shape index (κ1) is 19.2. The fourth-order valence-corrected chi connectivity index (χ4v) is 3.81. The summed E-state index contributed by atoms with van der Waals surface area (Å²) in [5, 5.41) is 5.82. The topological polar surface area (TPSA) is 38.1 Å². The van der Waals surface area contributed by atoms with E-state index >= 15 is 0 Å². The molecule has 1 aliphatic rings. The number of nitrogens with zero attached hydrogens (tertiary/aromatic N) is 3. The highest BCUT2D eigenvalue weighted by Gasteiger charge is 2.29. The normalized spacial score (nSPS) is 14.5. The van der Waals surface area contributed by atoms with Gasteiger partial charge in [0.1, 0.15) is 0 Å². The van der Waals surface area contributed by atoms with Crippen LogP contribution >= 0.6 is 23.2 Å². The van der Waals surface area contributed by atoms with Crippen molar-refractivity contribution in [3.05, 3.63) is 45.2 Å². The minimum atomic E-state index is 0.112. The molecule has 0 saturated carbocycles. The molecular formula is C20H25Cl2N3O. The van der Waals surface area contributed by atoms with Gasteiger partial charge in [0.2, 0.25) is 0 Å². The number of aromatic nitrogens is 2. The quantitative estimate of drug-likeness (QED) is 0.701. The first-order valence-electron chi connectivity index (χ1n) is 9.27. The molecule has 26 heavy (non-hydrogen) atoms. The minimum absolute atomic E-state index is 0.112. The third-order valence-corrected chi connectivity index (χ3v) is 5.48. The van der Waals surface area contributed by atoms with Crippen molar-refractivity contribution >= 4 is 29.1 Å². The largest absolute Gasteiger partial charge is 0.339 e. The van der Waals surface area contributed by atoms with Crippen LogP contribution in [0.1, 0.15) is 55.4 Å². The molecule has 2 aromatic rings. The molecule has 1 saturated heterocycles. The van der Waals surface area contributed by atoms with Gasteiger partial charge in [-0.2, -0.15) is 5.10 Å². The summed E-state index contributed by atoms with van der Waals surface area (Å²) in [5.41, 5.74) is 3.42. The summed E-state index contributed by atoms with van der Waals surface area (Å²) in [6, 6.07) is 5.47. The van der Waals surface area contributed by atoms with Gasteiger partial charge < -0.3 is 4.90 Å². The molecule has 2 heterocycles. The van der Waals surface area contributed by atoms with E-state index in [1.807, 2.05) is 15.6 Å². The number of halogens is 2. The summed E-state index contributed by atoms with van der Waals surface area (Å²) in [4.78, 5) is 15.2. The third kappa shape index (κ3) is 3.77. The Morgan fingerprint density at radius 2 is 1.88 bits per heavy atom. The average Bonchev–Trinajstić information content (AvgIpc) is 3.24. The number of carbonyl (C=O) groups excluding carboxylic acids is 1. The summed E-state index contributed by atoms with van der Waals surface area (Å²) < 4.78 is 1.86. The van der Waals surface area contributed by atoms with Crippen LogP contribution in [0.25, 0.3) is 5.69 Å². The third-order valence-electron chi connectivity index (χ3n) is 4.74. The molecule has 1 aromatic heterocycles. The van der Waals surface area contributed by atoms with Crippen LogP contribution in [0.3, 0.4) is 0 Å². The van der Waals surface area contributed by atoms with Gasteiger partial charge in [-0.15, -0.1) is 0 Å². The van der Waals surface area contributed by atoms with Gasteiger partial charge in [-0.25, -0.2) is 4.68 Å². The lowest BCUT2D eigenvalue weighted by Gasteiger charge is -2.17. The Morgan fingerprint density at radius 1 is 1.19 bits per heavy atom. The lowest BCUT2D eigenvalue weighted by molar-refractivity contribution is 0.0790. The van der Waals surface area contributed by atoms with Crippen molar-refractivity contribution in [1.29, 1.82) is 0 Å². The van der Waals surface area contributed by atoms with Gasteiger partial charge in [0, 0.05) is 13.1 Å². The van der Waals surface area contributed by atoms with Crippen LogP contribution in [0.5, 0.6) is 0 Å². The van der Waals surface area contributed by atoms with E-state index in [1.165, 1.54) is 0 Å². The zero-order valence-corrected chi connectivity index (χ0v) is 17.1. The SMILES string of the molecule is CCc1c(C(=O)N2CCCC2)c(CC(C)C)nn1-c1ccc(Cl)c(Cl)c1. The predicted octanol–water partition coefficient (Wildman–Crippen LogP) is 5.18. The van der Waals surface area contributed by atoms with Gasteiger partial charge in [0.25, 0.3) is 5.91 Å². The van der Waals surface area contributed by atoms with Gasteiger partial charge in [0.05, 0.1) is 32.7 Å². The van der Waals surface area contributed by atoms with Crippen LogP contribution in [-0.2, 0) is 12.8 Å². The van der Waals surface area contributed by atoms with E-state index in [4.69, 9.17) is 28.3 Å². The van der Waals surface area contributed by atoms with Crippen molar-refractivity contribution in [2.75, 3.05) is 13.1 Å². The molecule has 0 N–H and O–H groups in total. The monoisotopic (exact) mass is 393 g/mol. The Morgan fingerprint density at radius 3 is 2.46 bits per heavy atom. The molecule has 0 aliphatic carbocycles. The van der Waals surface area contributed by atoms with Gasteiger partial charge in [0.15, 0.2) is 0 Å². The highest BCUT2D eigenvalue weighted by molar-refractivity contribution is 6.42. The van der Waals surface area contributed by atoms with E-state index in [0.29, 0.717) is 16.0 Å². The molecule has 0 unspecified atom stereocenters. The van der Waals surface area contributed by atoms with Crippen LogP contribution in [0.15, 0.2) is 18.2 Å². The zero-order chi connectivity index (χ0) is 18.8. The molecular weight excluding hydrogens is 369 g/mol. The smallest absolute Gasteiger partial charge is 0.257 e. The molecule has 3 rings (SSSR count). The van der Waals surface area contributed by atoms with Crippen LogP contribution in [0.2, 0.25) is 10.0 Å². The molecule has 4 nitrogen and oxygen atoms in total. The summed E-state index contributed by atoms with van der Waals surface area (Å²) in [6.07, 6.45) is 3.65. The number of likely N-dealkylation sites (tertiary alicyclic amines) is 1. The minimum Gasteiger partial charge on any atom is -0.339 e. The number of carbonyl (C=O) groups is 1. The molecule has 0 atom stereocenters. The van der Waals surface area contributed by atoms with Crippen molar-refractivity contribution in [2.24, 2.45) is 5.92 Å². The lowest BCUT2D eigenvalue weighted by atomic mass is 10.0. The Hall–Kier alpha value is -1.52. The zero-order valence-electron chi connectivity index (χ0n) is 15.6. The second kappa shape index (κ2) is 8.01. The number of amides is 1. The second-order valence-corrected chi connectivity index (χ2v) is 8.04. The lowest BCUT2D eigenvalue weighted by Crippen LogP contribution is -2.29. The predicted molar refractivity (Wildman–Crippen MR) is 107 cm³/mol. The van der Waals surface area contributed by atoms with Crippen molar-refractivity contribution in [3.63, 3.8) is 0 Å². The molecule has 1 fully saturated rings. The first-order valence-corrected chi connectivity index (χ1v) is 10.0. The second-order valence-electron chi connectivity index (χ2n) is 7.23. The maximum Gasteiger partial charge on any atom is 0.257 e. The molecule has 0 spiro atoms. The van der Waals surface area contributed by atoms with Crippen LogP contribution < -0.4 is 0 Å². The summed E-state index contributed by atoms with van der Waals surface area (Å²) in [7, 11) is 0. The molecule has 1 aliphatic heterocycles. The van der Waals surface area contributed by atoms with E-state index in [-0.39, 0.29) is 5.91 Å². The molecule has 0 bridgehead atoms. The Balaban J connectivity index is 2.12. The van der Waals surface area contributed by atoms with Crippen molar-refractivity contribution in [2.45, 2.75) is 46.5 Å². The Labute approximate surface area is 165 Å². The Kier molecular flexibility index (Phi) is 5.93. The van der Waals surface area contributed by atoms with Crippen molar-refractivity contribution < 1.29 is 4.79 Å². The molecule has 140 valence electrons. The molecule has 6 heteroatoms. The maximum absolute atomic E-state index is 13.2. The van der Waals surface area contributed by atoms with Gasteiger partial charge in [-0.3, -0.25) is 4.79 Å². The van der Waals surface area contributed by atoms with Gasteiger partial charge >= 0.3 is 0 Å². The van der Waals surface area contributed by atoms with Gasteiger partial charge in [-0.05, 0) is 49.8 Å². The van der Waals surface area contributed by atoms with Gasteiger partial charge in [-0.1, -0.05) is 44.0 Å². The number of rotatable bonds is 5. The van der Waals surface area contributed by atoms with Crippen molar-refractivity contribution in [3.8, 4) is 5.69 Å². The van der Waals surface area contributed by atoms with E-state index < -0.39 is 0 Å². The summed E-state index contributed by atoms with van der Waals surface area (Å²) in [6.45, 7) is 8.02. The summed E-state index contributed by atoms with van der Waals surface area (Å²) in [5.74, 6) is 0.531. The standard InChI is InChI=1S/C20H25Cl2N3O/c1-4-18-19(20(26)24-9-5-6-10-24)17(11-13(2)3)23-25(18)14-7-8-15(21)16(22)12-14/h7-8,12-13H,4-6,9-11H2,1-3H3. The van der Waals surface area contributed by atoms with Crippen LogP contribution in [0.4, 0.5) is 0 Å². The first-order chi connectivity index (χ1) is 12.4. The van der Waals surface area contributed by atoms with E-state index in [9.17, 15) is 4.79 Å². The number of benzene rings is 1. The fraction of sp³-hybridized carbons (Fsp3) is 0.500. The maximum atomic E-state index is 13.2. The number of hydrogen-bond acceptors (Lipinski definition) is 2. The van der Waals surface area contributed by atoms with Crippen LogP contribution in [0, 0.1) is 5.92 Å². The van der Waals surface area contributed by atoms with Crippen LogP contribution in [-0.4, -0.2) is 33.7 Å². The Bertz CT molecular complexity index is 808. The van der Waals surface area contributed by atoms with E-state index in [0.717, 1.165) is 61.4 Å². The van der Waals surface area contributed by atoms with Crippen molar-refractivity contribution in [1.82, 2.24) is 14.7 Å². The molecule has 1 aromatic carbocycles. The number of hydrogen-bond donors (Lipinski definition) is 0. The highest BCUT2D eigenvalue weighted by Crippen LogP contribution is 2.28. The molecule has 0 radical (unpaired) electrons.